The Labute approximate surface area is 161 Å². The SMILES string of the molecule is COc1cc(Nc2cnc(C(=O)NCc3ccco3)cn2)cc(OC)c1OC. The van der Waals surface area contributed by atoms with Gasteiger partial charge >= 0.3 is 0 Å². The highest BCUT2D eigenvalue weighted by atomic mass is 16.5. The Hall–Kier alpha value is -3.75. The van der Waals surface area contributed by atoms with E-state index in [2.05, 4.69) is 20.6 Å². The molecule has 146 valence electrons. The smallest absolute Gasteiger partial charge is 0.271 e. The van der Waals surface area contributed by atoms with Crippen LogP contribution in [0, 0.1) is 0 Å². The van der Waals surface area contributed by atoms with E-state index in [0.29, 0.717) is 34.5 Å². The number of carbonyl (C=O) groups is 1. The summed E-state index contributed by atoms with van der Waals surface area (Å²) in [4.78, 5) is 20.5. The maximum atomic E-state index is 12.1. The second-order valence-electron chi connectivity index (χ2n) is 5.59. The number of methoxy groups -OCH3 is 3. The first-order valence-corrected chi connectivity index (χ1v) is 8.34. The van der Waals surface area contributed by atoms with Crippen molar-refractivity contribution < 1.29 is 23.4 Å². The molecule has 9 heteroatoms. The van der Waals surface area contributed by atoms with Crippen molar-refractivity contribution in [3.8, 4) is 17.2 Å². The largest absolute Gasteiger partial charge is 0.493 e. The van der Waals surface area contributed by atoms with Crippen molar-refractivity contribution in [1.29, 1.82) is 0 Å². The van der Waals surface area contributed by atoms with E-state index in [1.165, 1.54) is 33.7 Å². The van der Waals surface area contributed by atoms with Gasteiger partial charge in [0.1, 0.15) is 17.3 Å². The van der Waals surface area contributed by atoms with E-state index >= 15 is 0 Å². The average Bonchev–Trinajstić information content (AvgIpc) is 3.25. The third kappa shape index (κ3) is 4.32. The Balaban J connectivity index is 1.69. The number of carbonyl (C=O) groups excluding carboxylic acids is 1. The summed E-state index contributed by atoms with van der Waals surface area (Å²) in [5, 5.41) is 5.80. The van der Waals surface area contributed by atoms with Gasteiger partial charge in [-0.1, -0.05) is 0 Å². The van der Waals surface area contributed by atoms with Crippen LogP contribution in [0.25, 0.3) is 0 Å². The zero-order valence-corrected chi connectivity index (χ0v) is 15.7. The van der Waals surface area contributed by atoms with Gasteiger partial charge in [-0.3, -0.25) is 4.79 Å². The number of rotatable bonds is 8. The molecule has 2 N–H and O–H groups in total. The molecule has 0 aliphatic carbocycles. The van der Waals surface area contributed by atoms with Gasteiger partial charge in [-0.2, -0.15) is 0 Å². The maximum absolute atomic E-state index is 12.1. The summed E-state index contributed by atoms with van der Waals surface area (Å²) in [5.41, 5.74) is 0.862. The van der Waals surface area contributed by atoms with Gasteiger partial charge in [0.2, 0.25) is 5.75 Å². The molecule has 3 aromatic rings. The Morgan fingerprint density at radius 1 is 1.07 bits per heavy atom. The summed E-state index contributed by atoms with van der Waals surface area (Å²) >= 11 is 0. The highest BCUT2D eigenvalue weighted by Crippen LogP contribution is 2.40. The van der Waals surface area contributed by atoms with E-state index in [4.69, 9.17) is 18.6 Å². The average molecular weight is 384 g/mol. The van der Waals surface area contributed by atoms with Crippen molar-refractivity contribution in [2.24, 2.45) is 0 Å². The fourth-order valence-corrected chi connectivity index (χ4v) is 2.48. The number of nitrogens with zero attached hydrogens (tertiary/aromatic N) is 2. The molecule has 2 aromatic heterocycles. The lowest BCUT2D eigenvalue weighted by atomic mass is 10.2. The minimum Gasteiger partial charge on any atom is -0.493 e. The molecule has 0 saturated carbocycles. The lowest BCUT2D eigenvalue weighted by Crippen LogP contribution is -2.23. The van der Waals surface area contributed by atoms with Gasteiger partial charge in [-0.05, 0) is 12.1 Å². The third-order valence-electron chi connectivity index (χ3n) is 3.82. The van der Waals surface area contributed by atoms with Crippen molar-refractivity contribution in [2.75, 3.05) is 26.6 Å². The molecule has 9 nitrogen and oxygen atoms in total. The molecule has 1 aromatic carbocycles. The molecule has 0 radical (unpaired) electrons. The van der Waals surface area contributed by atoms with E-state index in [1.54, 1.807) is 30.5 Å². The van der Waals surface area contributed by atoms with Gasteiger partial charge in [0.15, 0.2) is 11.5 Å². The maximum Gasteiger partial charge on any atom is 0.271 e. The standard InChI is InChI=1S/C19H20N4O5/c1-25-15-7-12(8-16(26-2)18(15)27-3)23-17-11-20-14(10-21-17)19(24)22-9-13-5-4-6-28-13/h4-8,10-11H,9H2,1-3H3,(H,21,23)(H,22,24). The van der Waals surface area contributed by atoms with Crippen LogP contribution in [0.1, 0.15) is 16.2 Å². The molecule has 2 heterocycles. The van der Waals surface area contributed by atoms with Gasteiger partial charge in [0.05, 0.1) is 46.5 Å². The monoisotopic (exact) mass is 384 g/mol. The zero-order chi connectivity index (χ0) is 19.9. The number of nitrogens with one attached hydrogen (secondary N) is 2. The number of hydrogen-bond donors (Lipinski definition) is 2. The Morgan fingerprint density at radius 3 is 2.36 bits per heavy atom. The fraction of sp³-hybridized carbons (Fsp3) is 0.211. The van der Waals surface area contributed by atoms with E-state index in [0.717, 1.165) is 0 Å². The fourth-order valence-electron chi connectivity index (χ4n) is 2.48. The molecule has 1 amide bonds. The topological polar surface area (TPSA) is 108 Å². The summed E-state index contributed by atoms with van der Waals surface area (Å²) in [6.45, 7) is 0.277. The van der Waals surface area contributed by atoms with Crippen LogP contribution < -0.4 is 24.8 Å². The molecule has 28 heavy (non-hydrogen) atoms. The van der Waals surface area contributed by atoms with Gasteiger partial charge in [-0.15, -0.1) is 0 Å². The molecule has 0 saturated heterocycles. The molecule has 0 unspecified atom stereocenters. The third-order valence-corrected chi connectivity index (χ3v) is 3.82. The van der Waals surface area contributed by atoms with Crippen LogP contribution in [0.4, 0.5) is 11.5 Å². The molecule has 0 fully saturated rings. The minimum atomic E-state index is -0.344. The molecule has 0 spiro atoms. The van der Waals surface area contributed by atoms with Crippen LogP contribution in [0.2, 0.25) is 0 Å². The molecular weight excluding hydrogens is 364 g/mol. The molecule has 0 aliphatic heterocycles. The first kappa shape index (κ1) is 19.0. The summed E-state index contributed by atoms with van der Waals surface area (Å²) < 4.78 is 21.1. The summed E-state index contributed by atoms with van der Waals surface area (Å²) in [6, 6.07) is 7.02. The van der Waals surface area contributed by atoms with Crippen molar-refractivity contribution in [3.05, 3.63) is 54.4 Å². The van der Waals surface area contributed by atoms with Crippen LogP contribution in [-0.4, -0.2) is 37.2 Å². The van der Waals surface area contributed by atoms with Crippen molar-refractivity contribution in [1.82, 2.24) is 15.3 Å². The zero-order valence-electron chi connectivity index (χ0n) is 15.7. The molecule has 0 aliphatic rings. The van der Waals surface area contributed by atoms with Crippen LogP contribution in [0.3, 0.4) is 0 Å². The number of ether oxygens (including phenoxy) is 3. The highest BCUT2D eigenvalue weighted by molar-refractivity contribution is 5.92. The number of furan rings is 1. The van der Waals surface area contributed by atoms with Crippen LogP contribution in [0.15, 0.2) is 47.3 Å². The summed E-state index contributed by atoms with van der Waals surface area (Å²) in [6.07, 6.45) is 4.40. The second-order valence-corrected chi connectivity index (χ2v) is 5.59. The predicted octanol–water partition coefficient (Wildman–Crippen LogP) is 2.77. The van der Waals surface area contributed by atoms with Crippen molar-refractivity contribution >= 4 is 17.4 Å². The van der Waals surface area contributed by atoms with E-state index in [-0.39, 0.29) is 18.1 Å². The van der Waals surface area contributed by atoms with Gasteiger partial charge in [0, 0.05) is 17.8 Å². The number of benzene rings is 1. The summed E-state index contributed by atoms with van der Waals surface area (Å²) in [5.74, 6) is 2.27. The van der Waals surface area contributed by atoms with Crippen LogP contribution in [0.5, 0.6) is 17.2 Å². The molecule has 0 bridgehead atoms. The Bertz CT molecular complexity index is 901. The summed E-state index contributed by atoms with van der Waals surface area (Å²) in [7, 11) is 4.61. The molecule has 3 rings (SSSR count). The van der Waals surface area contributed by atoms with Gasteiger partial charge < -0.3 is 29.3 Å². The van der Waals surface area contributed by atoms with Crippen LogP contribution >= 0.6 is 0 Å². The Morgan fingerprint density at radius 2 is 1.82 bits per heavy atom. The van der Waals surface area contributed by atoms with Crippen molar-refractivity contribution in [2.45, 2.75) is 6.54 Å². The quantitative estimate of drug-likeness (QED) is 0.610. The lowest BCUT2D eigenvalue weighted by Gasteiger charge is -2.14. The predicted molar refractivity (Wildman–Crippen MR) is 101 cm³/mol. The number of aromatic nitrogens is 2. The van der Waals surface area contributed by atoms with E-state index in [9.17, 15) is 4.79 Å². The Kier molecular flexibility index (Phi) is 5.95. The van der Waals surface area contributed by atoms with Gasteiger partial charge in [0.25, 0.3) is 5.91 Å². The number of hydrogen-bond acceptors (Lipinski definition) is 8. The second kappa shape index (κ2) is 8.76. The van der Waals surface area contributed by atoms with Crippen molar-refractivity contribution in [3.63, 3.8) is 0 Å². The number of amides is 1. The van der Waals surface area contributed by atoms with Crippen LogP contribution in [-0.2, 0) is 6.54 Å². The highest BCUT2D eigenvalue weighted by Gasteiger charge is 2.14. The molecule has 0 atom stereocenters. The van der Waals surface area contributed by atoms with Gasteiger partial charge in [-0.25, -0.2) is 9.97 Å². The lowest BCUT2D eigenvalue weighted by molar-refractivity contribution is 0.0942. The first-order chi connectivity index (χ1) is 13.6. The number of anilines is 2. The first-order valence-electron chi connectivity index (χ1n) is 8.34. The minimum absolute atomic E-state index is 0.196. The molecular formula is C19H20N4O5. The van der Waals surface area contributed by atoms with E-state index < -0.39 is 0 Å². The normalized spacial score (nSPS) is 10.2. The van der Waals surface area contributed by atoms with E-state index in [1.807, 2.05) is 0 Å².